The molecule has 2 N–H and O–H groups in total. The highest BCUT2D eigenvalue weighted by atomic mass is 32.1. The van der Waals surface area contributed by atoms with Gasteiger partial charge < -0.3 is 15.5 Å². The minimum Gasteiger partial charge on any atom is -0.382 e. The van der Waals surface area contributed by atoms with Crippen LogP contribution in [0.5, 0.6) is 0 Å². The zero-order chi connectivity index (χ0) is 13.2. The van der Waals surface area contributed by atoms with Crippen molar-refractivity contribution < 1.29 is 4.79 Å². The fourth-order valence-electron chi connectivity index (χ4n) is 1.31. The number of nitrogens with zero attached hydrogens (tertiary/aromatic N) is 3. The van der Waals surface area contributed by atoms with Gasteiger partial charge in [0.1, 0.15) is 10.7 Å². The fraction of sp³-hybridized carbons (Fsp3) is 0.455. The maximum absolute atomic E-state index is 12.1. The number of nitrogens with two attached hydrogens (primary N) is 1. The Hall–Kier alpha value is -1.56. The Morgan fingerprint density at radius 3 is 2.47 bits per heavy atom. The number of hydrogen-bond donors (Lipinski definition) is 1. The number of carbonyl (C=O) groups is 1. The van der Waals surface area contributed by atoms with Crippen LogP contribution in [0.3, 0.4) is 0 Å². The van der Waals surface area contributed by atoms with Gasteiger partial charge in [0.25, 0.3) is 5.91 Å². The van der Waals surface area contributed by atoms with Crippen LogP contribution in [-0.4, -0.2) is 43.5 Å². The van der Waals surface area contributed by atoms with Crippen molar-refractivity contribution in [3.63, 3.8) is 0 Å². The van der Waals surface area contributed by atoms with Crippen molar-refractivity contribution in [2.75, 3.05) is 38.3 Å². The van der Waals surface area contributed by atoms with Crippen LogP contribution in [0, 0.1) is 0 Å². The van der Waals surface area contributed by atoms with E-state index in [2.05, 4.69) is 11.6 Å². The van der Waals surface area contributed by atoms with Crippen molar-refractivity contribution in [2.24, 2.45) is 0 Å². The molecule has 0 aromatic carbocycles. The summed E-state index contributed by atoms with van der Waals surface area (Å²) in [6, 6.07) is 0. The van der Waals surface area contributed by atoms with Crippen molar-refractivity contribution in [2.45, 2.75) is 6.92 Å². The van der Waals surface area contributed by atoms with Crippen molar-refractivity contribution in [3.05, 3.63) is 17.0 Å². The Morgan fingerprint density at radius 1 is 1.47 bits per heavy atom. The first kappa shape index (κ1) is 13.5. The summed E-state index contributed by atoms with van der Waals surface area (Å²) >= 11 is 1.30. The standard InChI is InChI=1S/C11H18N4OS/c1-7(2)6-15(5)10(16)8-9(12)13-11(17-8)14(3)4/h1,6,12H2,2-5H3. The Labute approximate surface area is 106 Å². The van der Waals surface area contributed by atoms with E-state index in [0.29, 0.717) is 11.4 Å². The van der Waals surface area contributed by atoms with E-state index in [1.807, 2.05) is 25.9 Å². The first-order valence-corrected chi connectivity index (χ1v) is 5.98. The number of amides is 1. The highest BCUT2D eigenvalue weighted by Gasteiger charge is 2.20. The monoisotopic (exact) mass is 254 g/mol. The molecular formula is C11H18N4OS. The molecule has 0 saturated carbocycles. The second kappa shape index (κ2) is 5.18. The molecular weight excluding hydrogens is 236 g/mol. The molecule has 1 rings (SSSR count). The number of likely N-dealkylation sites (N-methyl/N-ethyl adjacent to an activating group) is 1. The molecule has 0 aliphatic carbocycles. The molecule has 1 aromatic rings. The van der Waals surface area contributed by atoms with E-state index in [0.717, 1.165) is 10.7 Å². The second-order valence-corrected chi connectivity index (χ2v) is 5.20. The van der Waals surface area contributed by atoms with Crippen LogP contribution in [0.25, 0.3) is 0 Å². The largest absolute Gasteiger partial charge is 0.382 e. The molecule has 0 aliphatic heterocycles. The maximum atomic E-state index is 12.1. The van der Waals surface area contributed by atoms with Gasteiger partial charge in [-0.25, -0.2) is 4.98 Å². The van der Waals surface area contributed by atoms with E-state index in [1.165, 1.54) is 11.3 Å². The van der Waals surface area contributed by atoms with Gasteiger partial charge >= 0.3 is 0 Å². The lowest BCUT2D eigenvalue weighted by Crippen LogP contribution is -2.28. The first-order chi connectivity index (χ1) is 7.82. The van der Waals surface area contributed by atoms with Crippen LogP contribution >= 0.6 is 11.3 Å². The molecule has 0 saturated heterocycles. The van der Waals surface area contributed by atoms with Crippen LogP contribution in [0.1, 0.15) is 16.6 Å². The molecule has 1 amide bonds. The van der Waals surface area contributed by atoms with E-state index < -0.39 is 0 Å². The summed E-state index contributed by atoms with van der Waals surface area (Å²) in [6.07, 6.45) is 0. The van der Waals surface area contributed by atoms with Gasteiger partial charge in [-0.3, -0.25) is 4.79 Å². The molecule has 6 heteroatoms. The van der Waals surface area contributed by atoms with E-state index in [4.69, 9.17) is 5.73 Å². The lowest BCUT2D eigenvalue weighted by Gasteiger charge is -2.15. The molecule has 5 nitrogen and oxygen atoms in total. The van der Waals surface area contributed by atoms with Crippen LogP contribution in [0.15, 0.2) is 12.2 Å². The third kappa shape index (κ3) is 3.20. The summed E-state index contributed by atoms with van der Waals surface area (Å²) in [7, 11) is 5.46. The van der Waals surface area contributed by atoms with Gasteiger partial charge in [0.15, 0.2) is 5.13 Å². The Balaban J connectivity index is 2.92. The molecule has 0 atom stereocenters. The average Bonchev–Trinajstić information content (AvgIpc) is 2.58. The molecule has 94 valence electrons. The molecule has 1 heterocycles. The van der Waals surface area contributed by atoms with E-state index in [9.17, 15) is 4.79 Å². The summed E-state index contributed by atoms with van der Waals surface area (Å²) in [6.45, 7) is 6.18. The van der Waals surface area contributed by atoms with Gasteiger partial charge in [-0.15, -0.1) is 0 Å². The quantitative estimate of drug-likeness (QED) is 0.826. The van der Waals surface area contributed by atoms with Crippen LogP contribution in [0.4, 0.5) is 10.9 Å². The maximum Gasteiger partial charge on any atom is 0.267 e. The average molecular weight is 254 g/mol. The van der Waals surface area contributed by atoms with Gasteiger partial charge in [-0.1, -0.05) is 23.5 Å². The molecule has 0 spiro atoms. The predicted octanol–water partition coefficient (Wildman–Crippen LogP) is 1.44. The molecule has 0 fully saturated rings. The number of thiazole rings is 1. The molecule has 0 unspecified atom stereocenters. The van der Waals surface area contributed by atoms with E-state index in [1.54, 1.807) is 11.9 Å². The zero-order valence-corrected chi connectivity index (χ0v) is 11.5. The van der Waals surface area contributed by atoms with Crippen LogP contribution < -0.4 is 10.6 Å². The lowest BCUT2D eigenvalue weighted by molar-refractivity contribution is 0.0812. The number of aromatic nitrogens is 1. The third-order valence-corrected chi connectivity index (χ3v) is 3.30. The summed E-state index contributed by atoms with van der Waals surface area (Å²) in [5.41, 5.74) is 6.68. The van der Waals surface area contributed by atoms with Gasteiger partial charge in [0.05, 0.1) is 0 Å². The minimum atomic E-state index is -0.115. The molecule has 0 bridgehead atoms. The van der Waals surface area contributed by atoms with Crippen molar-refractivity contribution in [3.8, 4) is 0 Å². The summed E-state index contributed by atoms with van der Waals surface area (Å²) in [4.78, 5) is 20.1. The molecule has 17 heavy (non-hydrogen) atoms. The van der Waals surface area contributed by atoms with Gasteiger partial charge in [-0.2, -0.15) is 0 Å². The van der Waals surface area contributed by atoms with E-state index in [-0.39, 0.29) is 11.7 Å². The Bertz CT molecular complexity index is 439. The highest BCUT2D eigenvalue weighted by molar-refractivity contribution is 7.18. The summed E-state index contributed by atoms with van der Waals surface area (Å²) < 4.78 is 0. The number of anilines is 2. The number of carbonyl (C=O) groups excluding carboxylic acids is 1. The normalized spacial score (nSPS) is 10.1. The van der Waals surface area contributed by atoms with Gasteiger partial charge in [0, 0.05) is 27.7 Å². The van der Waals surface area contributed by atoms with Crippen LogP contribution in [0.2, 0.25) is 0 Å². The zero-order valence-electron chi connectivity index (χ0n) is 10.6. The molecule has 1 aromatic heterocycles. The lowest BCUT2D eigenvalue weighted by atomic mass is 10.3. The predicted molar refractivity (Wildman–Crippen MR) is 72.6 cm³/mol. The smallest absolute Gasteiger partial charge is 0.267 e. The van der Waals surface area contributed by atoms with Crippen LogP contribution in [-0.2, 0) is 0 Å². The number of hydrogen-bond acceptors (Lipinski definition) is 5. The van der Waals surface area contributed by atoms with Crippen molar-refractivity contribution >= 4 is 28.2 Å². The Morgan fingerprint density at radius 2 is 2.06 bits per heavy atom. The highest BCUT2D eigenvalue weighted by Crippen LogP contribution is 2.27. The first-order valence-electron chi connectivity index (χ1n) is 5.16. The third-order valence-electron chi connectivity index (χ3n) is 2.07. The van der Waals surface area contributed by atoms with Gasteiger partial charge in [-0.05, 0) is 6.92 Å². The fourth-order valence-corrected chi connectivity index (χ4v) is 2.22. The topological polar surface area (TPSA) is 62.5 Å². The number of rotatable bonds is 4. The van der Waals surface area contributed by atoms with Crippen molar-refractivity contribution in [1.82, 2.24) is 9.88 Å². The van der Waals surface area contributed by atoms with Crippen molar-refractivity contribution in [1.29, 1.82) is 0 Å². The van der Waals surface area contributed by atoms with E-state index >= 15 is 0 Å². The second-order valence-electron chi connectivity index (χ2n) is 4.22. The molecule has 0 radical (unpaired) electrons. The SMILES string of the molecule is C=C(C)CN(C)C(=O)c1sc(N(C)C)nc1N. The minimum absolute atomic E-state index is 0.115. The molecule has 0 aliphatic rings. The summed E-state index contributed by atoms with van der Waals surface area (Å²) in [5, 5.41) is 0.731. The number of nitrogen functional groups attached to an aromatic ring is 1. The van der Waals surface area contributed by atoms with Gasteiger partial charge in [0.2, 0.25) is 0 Å². The Kier molecular flexibility index (Phi) is 4.11. The summed E-state index contributed by atoms with van der Waals surface area (Å²) in [5.74, 6) is 0.174.